The minimum Gasteiger partial charge on any atom is -0.480 e. The van der Waals surface area contributed by atoms with Crippen LogP contribution in [0.4, 0.5) is 16.2 Å². The van der Waals surface area contributed by atoms with E-state index in [0.717, 1.165) is 24.0 Å². The van der Waals surface area contributed by atoms with Crippen LogP contribution >= 0.6 is 15.9 Å². The molecule has 0 saturated carbocycles. The summed E-state index contributed by atoms with van der Waals surface area (Å²) in [5.74, 6) is -1.10. The van der Waals surface area contributed by atoms with Gasteiger partial charge in [-0.25, -0.2) is 9.59 Å². The van der Waals surface area contributed by atoms with Gasteiger partial charge in [0.2, 0.25) is 5.91 Å². The summed E-state index contributed by atoms with van der Waals surface area (Å²) in [4.78, 5) is 41.2. The van der Waals surface area contributed by atoms with Gasteiger partial charge in [0.05, 0.1) is 6.10 Å². The number of carboxylic acids is 1. The number of benzene rings is 2. The van der Waals surface area contributed by atoms with Gasteiger partial charge in [0.1, 0.15) is 12.6 Å². The van der Waals surface area contributed by atoms with Crippen molar-refractivity contribution in [2.24, 2.45) is 0 Å². The average Bonchev–Trinajstić information content (AvgIpc) is 3.22. The molecule has 2 aromatic rings. The Hall–Kier alpha value is -2.95. The topological polar surface area (TPSA) is 111 Å². The Morgan fingerprint density at radius 2 is 1.81 bits per heavy atom. The first kappa shape index (κ1) is 26.1. The number of hydrogen-bond donors (Lipinski definition) is 3. The van der Waals surface area contributed by atoms with Gasteiger partial charge in [-0.1, -0.05) is 28.9 Å². The number of rotatable bonds is 6. The predicted molar refractivity (Wildman–Crippen MR) is 140 cm³/mol. The van der Waals surface area contributed by atoms with Gasteiger partial charge in [-0.3, -0.25) is 4.79 Å². The summed E-state index contributed by atoms with van der Waals surface area (Å²) in [6.07, 6.45) is 0.605. The first-order valence-corrected chi connectivity index (χ1v) is 12.8. The summed E-state index contributed by atoms with van der Waals surface area (Å²) in [6, 6.07) is 11.8. The fourth-order valence-corrected chi connectivity index (χ4v) is 5.13. The molecule has 0 radical (unpaired) electrons. The zero-order valence-corrected chi connectivity index (χ0v) is 22.0. The Labute approximate surface area is 218 Å². The van der Waals surface area contributed by atoms with Crippen LogP contribution in [-0.2, 0) is 20.7 Å². The lowest BCUT2D eigenvalue weighted by Crippen LogP contribution is -2.45. The highest BCUT2D eigenvalue weighted by Gasteiger charge is 2.40. The highest BCUT2D eigenvalue weighted by molar-refractivity contribution is 9.10. The number of likely N-dealkylation sites (tertiary alicyclic amines) is 1. The molecule has 2 heterocycles. The number of urea groups is 1. The van der Waals surface area contributed by atoms with E-state index < -0.39 is 30.8 Å². The van der Waals surface area contributed by atoms with E-state index in [-0.39, 0.29) is 18.9 Å². The summed E-state index contributed by atoms with van der Waals surface area (Å²) in [7, 11) is 2.11. The molecule has 2 aliphatic heterocycles. The average molecular weight is 559 g/mol. The van der Waals surface area contributed by atoms with E-state index >= 15 is 0 Å². The molecule has 1 fully saturated rings. The number of carboxylic acid groups (broad SMARTS) is 1. The van der Waals surface area contributed by atoms with Crippen LogP contribution < -0.4 is 10.6 Å². The SMILES string of the molecule is CC1CN(C)CCc2ccc(NC(=O)[C@H]3CC(OCC(=O)O)CN3C(=O)Nc3ccc(Br)cc3)cc21. The van der Waals surface area contributed by atoms with Crippen LogP contribution in [0.15, 0.2) is 46.9 Å². The van der Waals surface area contributed by atoms with Gasteiger partial charge >= 0.3 is 12.0 Å². The van der Waals surface area contributed by atoms with Gasteiger partial charge in [-0.15, -0.1) is 0 Å². The van der Waals surface area contributed by atoms with E-state index in [9.17, 15) is 14.4 Å². The summed E-state index contributed by atoms with van der Waals surface area (Å²) in [5.41, 5.74) is 3.76. The van der Waals surface area contributed by atoms with Crippen LogP contribution in [-0.4, -0.2) is 78.2 Å². The largest absolute Gasteiger partial charge is 0.480 e. The van der Waals surface area contributed by atoms with Crippen molar-refractivity contribution in [3.8, 4) is 0 Å². The lowest BCUT2D eigenvalue weighted by Gasteiger charge is -2.24. The third-order valence-electron chi connectivity index (χ3n) is 6.66. The van der Waals surface area contributed by atoms with Crippen LogP contribution in [0, 0.1) is 0 Å². The number of nitrogens with zero attached hydrogens (tertiary/aromatic N) is 2. The summed E-state index contributed by atoms with van der Waals surface area (Å²) >= 11 is 3.37. The predicted octanol–water partition coefficient (Wildman–Crippen LogP) is 3.76. The molecular formula is C26H31BrN4O5. The smallest absolute Gasteiger partial charge is 0.329 e. The Bertz CT molecular complexity index is 1130. The third-order valence-corrected chi connectivity index (χ3v) is 7.19. The molecule has 1 saturated heterocycles. The minimum atomic E-state index is -1.10. The Morgan fingerprint density at radius 3 is 2.53 bits per heavy atom. The fourth-order valence-electron chi connectivity index (χ4n) is 4.86. The van der Waals surface area contributed by atoms with Crippen molar-refractivity contribution < 1.29 is 24.2 Å². The van der Waals surface area contributed by atoms with Crippen molar-refractivity contribution in [2.75, 3.05) is 43.9 Å². The number of nitrogens with one attached hydrogen (secondary N) is 2. The van der Waals surface area contributed by atoms with E-state index in [1.54, 1.807) is 24.3 Å². The zero-order valence-electron chi connectivity index (χ0n) is 20.4. The number of carbonyl (C=O) groups is 3. The highest BCUT2D eigenvalue weighted by atomic mass is 79.9. The number of fused-ring (bicyclic) bond motifs is 1. The number of aliphatic carboxylic acids is 1. The second-order valence-corrected chi connectivity index (χ2v) is 10.4. The highest BCUT2D eigenvalue weighted by Crippen LogP contribution is 2.29. The second-order valence-electron chi connectivity index (χ2n) is 9.48. The Balaban J connectivity index is 1.50. The lowest BCUT2D eigenvalue weighted by molar-refractivity contribution is -0.144. The van der Waals surface area contributed by atoms with Gasteiger partial charge in [-0.05, 0) is 66.9 Å². The van der Waals surface area contributed by atoms with Crippen molar-refractivity contribution in [2.45, 2.75) is 37.8 Å². The van der Waals surface area contributed by atoms with Crippen LogP contribution in [0.5, 0.6) is 0 Å². The molecule has 3 atom stereocenters. The summed E-state index contributed by atoms with van der Waals surface area (Å²) < 4.78 is 6.32. The Morgan fingerprint density at radius 1 is 1.08 bits per heavy atom. The second kappa shape index (κ2) is 11.4. The first-order chi connectivity index (χ1) is 17.2. The molecule has 0 aromatic heterocycles. The normalized spacial score (nSPS) is 22.0. The van der Waals surface area contributed by atoms with Crippen molar-refractivity contribution in [1.29, 1.82) is 0 Å². The molecule has 9 nitrogen and oxygen atoms in total. The maximum absolute atomic E-state index is 13.4. The third kappa shape index (κ3) is 6.43. The maximum Gasteiger partial charge on any atom is 0.329 e. The number of carbonyl (C=O) groups excluding carboxylic acids is 2. The van der Waals surface area contributed by atoms with Crippen molar-refractivity contribution >= 4 is 45.2 Å². The molecule has 10 heteroatoms. The molecule has 3 N–H and O–H groups in total. The van der Waals surface area contributed by atoms with Crippen molar-refractivity contribution in [3.05, 3.63) is 58.1 Å². The molecule has 0 spiro atoms. The molecule has 192 valence electrons. The number of halogens is 1. The molecule has 36 heavy (non-hydrogen) atoms. The van der Waals surface area contributed by atoms with E-state index in [4.69, 9.17) is 9.84 Å². The van der Waals surface area contributed by atoms with E-state index in [2.05, 4.69) is 51.5 Å². The van der Waals surface area contributed by atoms with Gasteiger partial charge in [-0.2, -0.15) is 0 Å². The number of likely N-dealkylation sites (N-methyl/N-ethyl adjacent to an activating group) is 1. The maximum atomic E-state index is 13.4. The quantitative estimate of drug-likeness (QED) is 0.497. The molecule has 4 rings (SSSR count). The molecule has 3 amide bonds. The molecular weight excluding hydrogens is 528 g/mol. The van der Waals surface area contributed by atoms with Crippen molar-refractivity contribution in [1.82, 2.24) is 9.80 Å². The molecule has 2 aliphatic rings. The Kier molecular flexibility index (Phi) is 8.28. The lowest BCUT2D eigenvalue weighted by atomic mass is 9.94. The van der Waals surface area contributed by atoms with E-state index in [1.165, 1.54) is 16.0 Å². The van der Waals surface area contributed by atoms with Crippen LogP contribution in [0.25, 0.3) is 0 Å². The van der Waals surface area contributed by atoms with E-state index in [1.807, 2.05) is 12.1 Å². The molecule has 0 bridgehead atoms. The van der Waals surface area contributed by atoms with Gasteiger partial charge in [0, 0.05) is 41.9 Å². The van der Waals surface area contributed by atoms with E-state index in [0.29, 0.717) is 17.3 Å². The van der Waals surface area contributed by atoms with Gasteiger partial charge in [0.25, 0.3) is 0 Å². The van der Waals surface area contributed by atoms with Crippen LogP contribution in [0.1, 0.15) is 30.4 Å². The fraction of sp³-hybridized carbons (Fsp3) is 0.423. The standard InChI is InChI=1S/C26H31BrN4O5/c1-16-13-30(2)10-9-17-3-6-20(11-22(16)17)28-25(34)23-12-21(36-15-24(32)33)14-31(23)26(35)29-19-7-4-18(27)5-8-19/h3-8,11,16,21,23H,9-10,12-15H2,1-2H3,(H,28,34)(H,29,35)(H,32,33)/t16?,21?,23-/m1/s1. The zero-order chi connectivity index (χ0) is 25.8. The number of hydrogen-bond acceptors (Lipinski definition) is 5. The summed E-state index contributed by atoms with van der Waals surface area (Å²) in [5, 5.41) is 14.8. The molecule has 0 aliphatic carbocycles. The minimum absolute atomic E-state index is 0.112. The number of amides is 3. The van der Waals surface area contributed by atoms with Gasteiger partial charge in [0.15, 0.2) is 0 Å². The first-order valence-electron chi connectivity index (χ1n) is 12.0. The van der Waals surface area contributed by atoms with Crippen LogP contribution in [0.3, 0.4) is 0 Å². The van der Waals surface area contributed by atoms with Crippen molar-refractivity contribution in [3.63, 3.8) is 0 Å². The number of ether oxygens (including phenoxy) is 1. The van der Waals surface area contributed by atoms with Gasteiger partial charge < -0.3 is 30.3 Å². The number of anilines is 2. The summed E-state index contributed by atoms with van der Waals surface area (Å²) in [6.45, 7) is 3.74. The monoisotopic (exact) mass is 558 g/mol. The molecule has 2 unspecified atom stereocenters. The van der Waals surface area contributed by atoms with Crippen LogP contribution in [0.2, 0.25) is 0 Å². The molecule has 2 aromatic carbocycles.